The molecule has 0 saturated carbocycles. The Morgan fingerprint density at radius 1 is 1.00 bits per heavy atom. The number of fused-ring (bicyclic) bond motifs is 1. The van der Waals surface area contributed by atoms with E-state index in [-0.39, 0.29) is 17.2 Å². The summed E-state index contributed by atoms with van der Waals surface area (Å²) in [6.45, 7) is -0.619. The minimum atomic E-state index is -1.15. The molecule has 1 aliphatic heterocycles. The maximum absolute atomic E-state index is 14.2. The number of benzene rings is 3. The molecule has 214 valence electrons. The number of hydroxylamine groups is 1. The molecule has 3 aromatic carbocycles. The largest absolute Gasteiger partial charge is 0.394 e. The van der Waals surface area contributed by atoms with Crippen LogP contribution in [0, 0.1) is 4.91 Å². The third kappa shape index (κ3) is 5.91. The van der Waals surface area contributed by atoms with Crippen LogP contribution in [-0.4, -0.2) is 39.5 Å². The molecule has 4 atom stereocenters. The first-order valence-electron chi connectivity index (χ1n) is 13.1. The normalized spacial score (nSPS) is 17.7. The molecule has 0 spiro atoms. The van der Waals surface area contributed by atoms with Crippen molar-refractivity contribution in [3.05, 3.63) is 140 Å². The molecule has 5 rings (SSSR count). The molecule has 2 N–H and O–H groups in total. The summed E-state index contributed by atoms with van der Waals surface area (Å²) < 4.78 is 0. The number of hydrogen-bond donors (Lipinski definition) is 2. The molecule has 4 aromatic rings. The summed E-state index contributed by atoms with van der Waals surface area (Å²) in [5.41, 5.74) is 4.66. The van der Waals surface area contributed by atoms with Crippen molar-refractivity contribution in [3.8, 4) is 0 Å². The van der Waals surface area contributed by atoms with E-state index in [0.29, 0.717) is 27.4 Å². The molecule has 42 heavy (non-hydrogen) atoms. The average Bonchev–Trinajstić information content (AvgIpc) is 3.01. The average molecular weight is 605 g/mol. The van der Waals surface area contributed by atoms with E-state index in [9.17, 15) is 19.6 Å². The van der Waals surface area contributed by atoms with Gasteiger partial charge in [0.15, 0.2) is 0 Å². The van der Waals surface area contributed by atoms with Gasteiger partial charge in [0.25, 0.3) is 11.8 Å². The van der Waals surface area contributed by atoms with Gasteiger partial charge in [-0.3, -0.25) is 19.4 Å². The van der Waals surface area contributed by atoms with Crippen LogP contribution in [0.15, 0.2) is 102 Å². The highest BCUT2D eigenvalue weighted by molar-refractivity contribution is 6.35. The number of aromatic nitrogens is 1. The molecule has 0 radical (unpaired) electrons. The lowest BCUT2D eigenvalue weighted by atomic mass is 9.77. The number of hydrogen-bond acceptors (Lipinski definition) is 7. The van der Waals surface area contributed by atoms with Crippen LogP contribution in [0.5, 0.6) is 0 Å². The lowest BCUT2D eigenvalue weighted by molar-refractivity contribution is -0.138. The van der Waals surface area contributed by atoms with Crippen LogP contribution in [0.1, 0.15) is 50.7 Å². The number of amides is 2. The van der Waals surface area contributed by atoms with E-state index in [1.54, 1.807) is 91.1 Å². The van der Waals surface area contributed by atoms with Gasteiger partial charge >= 0.3 is 0 Å². The van der Waals surface area contributed by atoms with Gasteiger partial charge in [0, 0.05) is 21.8 Å². The van der Waals surface area contributed by atoms with Crippen LogP contribution >= 0.6 is 23.2 Å². The van der Waals surface area contributed by atoms with Gasteiger partial charge in [0.1, 0.15) is 12.6 Å². The fraction of sp³-hybridized carbons (Fsp3) is 0.194. The van der Waals surface area contributed by atoms with Crippen molar-refractivity contribution < 1.29 is 19.5 Å². The number of rotatable bonds is 10. The third-order valence-corrected chi connectivity index (χ3v) is 7.78. The number of carbonyl (C=O) groups is 2. The predicted octanol–water partition coefficient (Wildman–Crippen LogP) is 5.79. The van der Waals surface area contributed by atoms with Crippen molar-refractivity contribution >= 4 is 35.0 Å². The van der Waals surface area contributed by atoms with E-state index in [2.05, 4.69) is 15.6 Å². The second-order valence-electron chi connectivity index (χ2n) is 9.67. The van der Waals surface area contributed by atoms with Crippen LogP contribution in [0.25, 0.3) is 0 Å². The zero-order chi connectivity index (χ0) is 29.6. The molecule has 0 aliphatic carbocycles. The third-order valence-electron chi connectivity index (χ3n) is 7.22. The first kappa shape index (κ1) is 29.3. The van der Waals surface area contributed by atoms with E-state index in [1.165, 1.54) is 11.0 Å². The van der Waals surface area contributed by atoms with E-state index < -0.39 is 42.5 Å². The Bertz CT molecular complexity index is 1570. The van der Waals surface area contributed by atoms with Crippen molar-refractivity contribution in [1.82, 2.24) is 15.4 Å². The van der Waals surface area contributed by atoms with Gasteiger partial charge in [-0.25, -0.2) is 5.48 Å². The summed E-state index contributed by atoms with van der Waals surface area (Å²) in [6.07, 6.45) is 1.61. The number of halogens is 2. The minimum Gasteiger partial charge on any atom is -0.394 e. The van der Waals surface area contributed by atoms with Gasteiger partial charge in [0.2, 0.25) is 0 Å². The molecule has 1 aliphatic rings. The number of nitroso groups, excluding NO2 is 1. The Labute approximate surface area is 252 Å². The quantitative estimate of drug-likeness (QED) is 0.175. The molecule has 0 fully saturated rings. The summed E-state index contributed by atoms with van der Waals surface area (Å²) in [4.78, 5) is 51.6. The van der Waals surface area contributed by atoms with E-state index in [0.717, 1.165) is 0 Å². The zero-order valence-corrected chi connectivity index (χ0v) is 23.7. The lowest BCUT2D eigenvalue weighted by Crippen LogP contribution is -2.54. The number of carbonyl (C=O) groups excluding carboxylic acids is 2. The van der Waals surface area contributed by atoms with Crippen LogP contribution in [0.4, 0.5) is 0 Å². The molecule has 0 saturated heterocycles. The molecule has 0 bridgehead atoms. The van der Waals surface area contributed by atoms with E-state index >= 15 is 0 Å². The highest BCUT2D eigenvalue weighted by Crippen LogP contribution is 2.47. The van der Waals surface area contributed by atoms with Crippen LogP contribution in [0.2, 0.25) is 10.0 Å². The minimum absolute atomic E-state index is 0.000365. The number of nitrogens with one attached hydrogen (secondary N) is 1. The molecule has 2 heterocycles. The summed E-state index contributed by atoms with van der Waals surface area (Å²) in [5, 5.41) is 14.6. The zero-order valence-electron chi connectivity index (χ0n) is 22.1. The van der Waals surface area contributed by atoms with Crippen LogP contribution < -0.4 is 5.48 Å². The van der Waals surface area contributed by atoms with Gasteiger partial charge in [-0.1, -0.05) is 89.0 Å². The predicted molar refractivity (Wildman–Crippen MR) is 158 cm³/mol. The lowest BCUT2D eigenvalue weighted by Gasteiger charge is -2.46. The van der Waals surface area contributed by atoms with Gasteiger partial charge in [-0.2, -0.15) is 4.91 Å². The van der Waals surface area contributed by atoms with E-state index in [1.807, 2.05) is 0 Å². The number of pyridine rings is 1. The van der Waals surface area contributed by atoms with Crippen molar-refractivity contribution in [2.75, 3.05) is 6.61 Å². The number of nitrogens with zero attached hydrogens (tertiary/aromatic N) is 3. The number of aliphatic hydroxyl groups is 1. The first-order valence-corrected chi connectivity index (χ1v) is 13.9. The van der Waals surface area contributed by atoms with Crippen LogP contribution in [-0.2, 0) is 16.2 Å². The monoisotopic (exact) mass is 604 g/mol. The van der Waals surface area contributed by atoms with Crippen LogP contribution in [0.3, 0.4) is 0 Å². The molecule has 11 heteroatoms. The molecule has 2 amide bonds. The Morgan fingerprint density at radius 3 is 2.43 bits per heavy atom. The summed E-state index contributed by atoms with van der Waals surface area (Å²) in [6, 6.07) is 22.0. The van der Waals surface area contributed by atoms with Gasteiger partial charge < -0.3 is 10.0 Å². The summed E-state index contributed by atoms with van der Waals surface area (Å²) in [7, 11) is 0. The molecule has 1 aromatic heterocycles. The summed E-state index contributed by atoms with van der Waals surface area (Å²) >= 11 is 12.9. The topological polar surface area (TPSA) is 121 Å². The van der Waals surface area contributed by atoms with Crippen molar-refractivity contribution in [2.24, 2.45) is 5.18 Å². The maximum Gasteiger partial charge on any atom is 0.255 e. The molecule has 9 nitrogen and oxygen atoms in total. The van der Waals surface area contributed by atoms with Gasteiger partial charge in [-0.15, -0.1) is 0 Å². The second-order valence-corrected chi connectivity index (χ2v) is 10.5. The smallest absolute Gasteiger partial charge is 0.255 e. The molecular weight excluding hydrogens is 579 g/mol. The fourth-order valence-electron chi connectivity index (χ4n) is 5.34. The Balaban J connectivity index is 1.63. The SMILES string of the molecule is O=N[C@H](c1ccccc1)[C@@H](CO)N1C(=O)c2ccccc2[C@@H](C(=O)NOCc2ccccn2)[C@@H]1c1ccc(Cl)cc1Cl. The maximum atomic E-state index is 14.2. The fourth-order valence-corrected chi connectivity index (χ4v) is 5.86. The Hall–Kier alpha value is -4.15. The standard InChI is InChI=1S/C31H26Cl2N4O5/c32-20-13-14-24(25(33)16-20)29-27(30(39)36-42-18-21-10-6-7-15-34-21)22-11-4-5-12-23(22)31(40)37(29)26(17-38)28(35-41)19-8-2-1-3-9-19/h1-16,26-29,38H,17-18H2,(H,36,39)/t26-,27-,28-,29+/m1/s1. The molecule has 0 unspecified atom stereocenters. The van der Waals surface area contributed by atoms with Crippen molar-refractivity contribution in [3.63, 3.8) is 0 Å². The second kappa shape index (κ2) is 13.2. The summed E-state index contributed by atoms with van der Waals surface area (Å²) in [5.74, 6) is -2.12. The van der Waals surface area contributed by atoms with Gasteiger partial charge in [-0.05, 0) is 47.0 Å². The Morgan fingerprint density at radius 2 is 1.74 bits per heavy atom. The first-order chi connectivity index (χ1) is 20.4. The van der Waals surface area contributed by atoms with E-state index in [4.69, 9.17) is 28.0 Å². The van der Waals surface area contributed by atoms with Crippen molar-refractivity contribution in [2.45, 2.75) is 30.7 Å². The number of aliphatic hydroxyl groups excluding tert-OH is 1. The van der Waals surface area contributed by atoms with Crippen molar-refractivity contribution in [1.29, 1.82) is 0 Å². The highest BCUT2D eigenvalue weighted by Gasteiger charge is 2.49. The Kier molecular flexibility index (Phi) is 9.24. The highest BCUT2D eigenvalue weighted by atomic mass is 35.5. The van der Waals surface area contributed by atoms with Gasteiger partial charge in [0.05, 0.1) is 30.3 Å². The molecular formula is C31H26Cl2N4O5.